The highest BCUT2D eigenvalue weighted by Crippen LogP contribution is 2.25. The molecule has 0 atom stereocenters. The predicted octanol–water partition coefficient (Wildman–Crippen LogP) is 1.85. The molecule has 1 amide bonds. The van der Waals surface area contributed by atoms with E-state index < -0.39 is 0 Å². The largest absolute Gasteiger partial charge is 0.338 e. The van der Waals surface area contributed by atoms with Gasteiger partial charge >= 0.3 is 0 Å². The maximum Gasteiger partial charge on any atom is 0.259 e. The van der Waals surface area contributed by atoms with Crippen LogP contribution in [0.1, 0.15) is 15.9 Å². The number of likely N-dealkylation sites (tertiary alicyclic amines) is 1. The summed E-state index contributed by atoms with van der Waals surface area (Å²) in [6.07, 6.45) is 3.43. The van der Waals surface area contributed by atoms with Crippen molar-refractivity contribution >= 4 is 21.8 Å². The van der Waals surface area contributed by atoms with Crippen molar-refractivity contribution in [2.24, 2.45) is 5.92 Å². The van der Waals surface area contributed by atoms with Gasteiger partial charge in [0.05, 0.1) is 6.20 Å². The highest BCUT2D eigenvalue weighted by Gasteiger charge is 2.32. The standard InChI is InChI=1S/C15H14BrN3O2/c16-13-4-2-1-3-11(13)5-10-8-19(9-10)15(21)12-6-17-18-7-14(12)20/h1-4,6-7,10H,5,8-9H2,(H,17,20). The van der Waals surface area contributed by atoms with Crippen LogP contribution in [0.25, 0.3) is 0 Å². The number of carbonyl (C=O) groups excluding carboxylic acids is 1. The highest BCUT2D eigenvalue weighted by molar-refractivity contribution is 9.10. The maximum atomic E-state index is 12.2. The van der Waals surface area contributed by atoms with Crippen LogP contribution in [0.15, 0.2) is 45.9 Å². The van der Waals surface area contributed by atoms with Crippen LogP contribution < -0.4 is 5.43 Å². The lowest BCUT2D eigenvalue weighted by Crippen LogP contribution is -2.51. The second-order valence-electron chi connectivity index (χ2n) is 5.18. The fourth-order valence-corrected chi connectivity index (χ4v) is 2.96. The molecule has 1 aromatic heterocycles. The first-order valence-electron chi connectivity index (χ1n) is 6.71. The SMILES string of the molecule is O=C(c1c[nH]ncc1=O)N1CC(Cc2ccccc2Br)C1. The monoisotopic (exact) mass is 347 g/mol. The van der Waals surface area contributed by atoms with E-state index in [9.17, 15) is 9.59 Å². The van der Waals surface area contributed by atoms with Gasteiger partial charge in [-0.2, -0.15) is 5.10 Å². The van der Waals surface area contributed by atoms with Crippen molar-refractivity contribution in [3.63, 3.8) is 0 Å². The van der Waals surface area contributed by atoms with Gasteiger partial charge in [0.25, 0.3) is 5.91 Å². The van der Waals surface area contributed by atoms with Crippen molar-refractivity contribution in [2.45, 2.75) is 6.42 Å². The second kappa shape index (κ2) is 5.81. The molecule has 2 heterocycles. The number of hydrogen-bond donors (Lipinski definition) is 1. The topological polar surface area (TPSA) is 66.1 Å². The maximum absolute atomic E-state index is 12.2. The van der Waals surface area contributed by atoms with E-state index in [4.69, 9.17) is 0 Å². The quantitative estimate of drug-likeness (QED) is 0.921. The zero-order valence-electron chi connectivity index (χ0n) is 11.3. The number of halogens is 1. The van der Waals surface area contributed by atoms with Crippen LogP contribution in [0.3, 0.4) is 0 Å². The molecule has 0 saturated carbocycles. The minimum absolute atomic E-state index is 0.157. The number of aromatic nitrogens is 2. The number of aromatic amines is 1. The Bertz CT molecular complexity index is 723. The van der Waals surface area contributed by atoms with E-state index in [0.717, 1.165) is 17.1 Å². The summed E-state index contributed by atoms with van der Waals surface area (Å²) in [6, 6.07) is 8.10. The third-order valence-electron chi connectivity index (χ3n) is 3.67. The molecule has 5 nitrogen and oxygen atoms in total. The number of nitrogens with zero attached hydrogens (tertiary/aromatic N) is 2. The zero-order chi connectivity index (χ0) is 14.8. The van der Waals surface area contributed by atoms with E-state index in [-0.39, 0.29) is 16.9 Å². The molecule has 0 spiro atoms. The fraction of sp³-hybridized carbons (Fsp3) is 0.267. The molecule has 3 rings (SSSR count). The summed E-state index contributed by atoms with van der Waals surface area (Å²) in [7, 11) is 0. The number of hydrogen-bond acceptors (Lipinski definition) is 3. The molecule has 1 fully saturated rings. The summed E-state index contributed by atoms with van der Waals surface area (Å²) in [5.41, 5.74) is 1.06. The Morgan fingerprint density at radius 1 is 1.38 bits per heavy atom. The van der Waals surface area contributed by atoms with Crippen molar-refractivity contribution in [1.82, 2.24) is 15.1 Å². The molecule has 0 radical (unpaired) electrons. The van der Waals surface area contributed by atoms with Crippen molar-refractivity contribution in [3.8, 4) is 0 Å². The van der Waals surface area contributed by atoms with E-state index in [1.165, 1.54) is 11.8 Å². The fourth-order valence-electron chi connectivity index (χ4n) is 2.52. The molecular weight excluding hydrogens is 334 g/mol. The van der Waals surface area contributed by atoms with Gasteiger partial charge in [-0.15, -0.1) is 0 Å². The summed E-state index contributed by atoms with van der Waals surface area (Å²) < 4.78 is 1.10. The van der Waals surface area contributed by atoms with Crippen LogP contribution >= 0.6 is 15.9 Å². The van der Waals surface area contributed by atoms with E-state index >= 15 is 0 Å². The summed E-state index contributed by atoms with van der Waals surface area (Å²) in [5.74, 6) is 0.218. The Morgan fingerprint density at radius 3 is 2.86 bits per heavy atom. The average molecular weight is 348 g/mol. The van der Waals surface area contributed by atoms with E-state index in [2.05, 4.69) is 32.2 Å². The number of amides is 1. The van der Waals surface area contributed by atoms with Crippen molar-refractivity contribution < 1.29 is 4.79 Å². The number of nitrogens with one attached hydrogen (secondary N) is 1. The van der Waals surface area contributed by atoms with Crippen LogP contribution in [0, 0.1) is 5.92 Å². The van der Waals surface area contributed by atoms with Crippen LogP contribution in [-0.4, -0.2) is 34.1 Å². The lowest BCUT2D eigenvalue weighted by molar-refractivity contribution is 0.0499. The third kappa shape index (κ3) is 2.90. The van der Waals surface area contributed by atoms with Gasteiger partial charge in [-0.3, -0.25) is 14.7 Å². The van der Waals surface area contributed by atoms with Gasteiger partial charge in [0.2, 0.25) is 5.43 Å². The van der Waals surface area contributed by atoms with E-state index in [1.807, 2.05) is 18.2 Å². The zero-order valence-corrected chi connectivity index (χ0v) is 12.8. The lowest BCUT2D eigenvalue weighted by Gasteiger charge is -2.39. The van der Waals surface area contributed by atoms with Gasteiger partial charge in [0.1, 0.15) is 5.56 Å². The van der Waals surface area contributed by atoms with Crippen LogP contribution in [-0.2, 0) is 6.42 Å². The Morgan fingerprint density at radius 2 is 2.14 bits per heavy atom. The molecule has 0 unspecified atom stereocenters. The normalized spacial score (nSPS) is 14.8. The Labute approximate surface area is 130 Å². The van der Waals surface area contributed by atoms with Crippen LogP contribution in [0.2, 0.25) is 0 Å². The van der Waals surface area contributed by atoms with Crippen molar-refractivity contribution in [3.05, 3.63) is 62.5 Å². The number of H-pyrrole nitrogens is 1. The molecule has 2 aromatic rings. The Kier molecular flexibility index (Phi) is 3.88. The smallest absolute Gasteiger partial charge is 0.259 e. The van der Waals surface area contributed by atoms with Crippen molar-refractivity contribution in [2.75, 3.05) is 13.1 Å². The predicted molar refractivity (Wildman–Crippen MR) is 82.1 cm³/mol. The van der Waals surface area contributed by atoms with Gasteiger partial charge in [-0.25, -0.2) is 0 Å². The molecule has 1 N–H and O–H groups in total. The van der Waals surface area contributed by atoms with Gasteiger partial charge in [0.15, 0.2) is 0 Å². The Balaban J connectivity index is 1.61. The third-order valence-corrected chi connectivity index (χ3v) is 4.45. The van der Waals surface area contributed by atoms with Gasteiger partial charge in [-0.05, 0) is 24.0 Å². The molecule has 1 aliphatic heterocycles. The second-order valence-corrected chi connectivity index (χ2v) is 6.04. The summed E-state index contributed by atoms with van der Waals surface area (Å²) in [6.45, 7) is 1.36. The van der Waals surface area contributed by atoms with Gasteiger partial charge < -0.3 is 4.90 Å². The molecule has 1 aromatic carbocycles. The van der Waals surface area contributed by atoms with E-state index in [0.29, 0.717) is 19.0 Å². The molecule has 0 aliphatic carbocycles. The highest BCUT2D eigenvalue weighted by atomic mass is 79.9. The molecule has 1 saturated heterocycles. The van der Waals surface area contributed by atoms with Crippen LogP contribution in [0.5, 0.6) is 0 Å². The molecule has 1 aliphatic rings. The molecule has 0 bridgehead atoms. The molecular formula is C15H14BrN3O2. The molecule has 21 heavy (non-hydrogen) atoms. The summed E-state index contributed by atoms with van der Waals surface area (Å²) >= 11 is 3.54. The number of carbonyl (C=O) groups is 1. The minimum Gasteiger partial charge on any atom is -0.338 e. The first-order chi connectivity index (χ1) is 10.1. The van der Waals surface area contributed by atoms with Crippen molar-refractivity contribution in [1.29, 1.82) is 0 Å². The van der Waals surface area contributed by atoms with E-state index in [1.54, 1.807) is 4.90 Å². The molecule has 6 heteroatoms. The van der Waals surface area contributed by atoms with Crippen LogP contribution in [0.4, 0.5) is 0 Å². The Hall–Kier alpha value is -1.95. The minimum atomic E-state index is -0.340. The van der Waals surface area contributed by atoms with Gasteiger partial charge in [-0.1, -0.05) is 34.1 Å². The molecule has 108 valence electrons. The first-order valence-corrected chi connectivity index (χ1v) is 7.50. The summed E-state index contributed by atoms with van der Waals surface area (Å²) in [4.78, 5) is 25.5. The number of benzene rings is 1. The lowest BCUT2D eigenvalue weighted by atomic mass is 9.91. The van der Waals surface area contributed by atoms with Gasteiger partial charge in [0, 0.05) is 23.8 Å². The number of rotatable bonds is 3. The summed E-state index contributed by atoms with van der Waals surface area (Å²) in [5, 5.41) is 6.14. The first kappa shape index (κ1) is 14.0. The average Bonchev–Trinajstić information content (AvgIpc) is 2.44.